The van der Waals surface area contributed by atoms with Crippen LogP contribution in [0.2, 0.25) is 0 Å². The molecule has 0 heterocycles. The molecule has 4 nitrogen and oxygen atoms in total. The summed E-state index contributed by atoms with van der Waals surface area (Å²) < 4.78 is 0. The van der Waals surface area contributed by atoms with Crippen molar-refractivity contribution in [1.29, 1.82) is 0 Å². The molecule has 0 spiro atoms. The van der Waals surface area contributed by atoms with E-state index in [9.17, 15) is 9.90 Å². The molecule has 3 fully saturated rings. The Morgan fingerprint density at radius 3 is 2.50 bits per heavy atom. The normalized spacial score (nSPS) is 47.5. The summed E-state index contributed by atoms with van der Waals surface area (Å²) in [6, 6.07) is 0.0368. The number of fused-ring (bicyclic) bond motifs is 2. The first-order valence-electron chi connectivity index (χ1n) is 8.24. The Morgan fingerprint density at radius 1 is 1.25 bits per heavy atom. The zero-order chi connectivity index (χ0) is 14.3. The lowest BCUT2D eigenvalue weighted by Gasteiger charge is -2.36. The molecule has 3 aliphatic carbocycles. The van der Waals surface area contributed by atoms with Crippen LogP contribution in [0.4, 0.5) is 0 Å². The molecule has 4 unspecified atom stereocenters. The number of hydrogen-bond acceptors (Lipinski definition) is 3. The highest BCUT2D eigenvalue weighted by Crippen LogP contribution is 2.47. The molecule has 114 valence electrons. The van der Waals surface area contributed by atoms with Crippen LogP contribution in [0.3, 0.4) is 0 Å². The average Bonchev–Trinajstić information content (AvgIpc) is 3.01. The molecule has 4 atom stereocenters. The Kier molecular flexibility index (Phi) is 3.80. The van der Waals surface area contributed by atoms with E-state index in [0.717, 1.165) is 38.5 Å². The van der Waals surface area contributed by atoms with Crippen LogP contribution >= 0.6 is 0 Å². The summed E-state index contributed by atoms with van der Waals surface area (Å²) in [4.78, 5) is 12.4. The second-order valence-corrected chi connectivity index (χ2v) is 7.56. The predicted molar refractivity (Wildman–Crippen MR) is 77.9 cm³/mol. The molecule has 0 aromatic heterocycles. The minimum atomic E-state index is -0.691. The van der Waals surface area contributed by atoms with Crippen LogP contribution in [0.5, 0.6) is 0 Å². The minimum absolute atomic E-state index is 0.0140. The summed E-state index contributed by atoms with van der Waals surface area (Å²) in [5, 5.41) is 13.5. The van der Waals surface area contributed by atoms with Crippen molar-refractivity contribution in [1.82, 2.24) is 5.32 Å². The van der Waals surface area contributed by atoms with Gasteiger partial charge in [0.2, 0.25) is 5.91 Å². The van der Waals surface area contributed by atoms with E-state index in [1.165, 1.54) is 6.42 Å². The molecule has 3 aliphatic rings. The largest absolute Gasteiger partial charge is 0.388 e. The standard InChI is InChI=1S/C16H28N2O2/c1-10-4-6-16(20,7-5-10)9-18-15(19)13-11-2-3-12(8-11)14(13)17/h10-14,20H,2-9,17H2,1H3,(H,18,19). The fourth-order valence-electron chi connectivity index (χ4n) is 4.57. The van der Waals surface area contributed by atoms with Crippen molar-refractivity contribution in [3.05, 3.63) is 0 Å². The van der Waals surface area contributed by atoms with E-state index in [1.807, 2.05) is 0 Å². The van der Waals surface area contributed by atoms with E-state index in [1.54, 1.807) is 0 Å². The van der Waals surface area contributed by atoms with Crippen LogP contribution in [-0.4, -0.2) is 29.2 Å². The van der Waals surface area contributed by atoms with Crippen molar-refractivity contribution < 1.29 is 9.90 Å². The lowest BCUT2D eigenvalue weighted by atomic mass is 9.79. The fourth-order valence-corrected chi connectivity index (χ4v) is 4.57. The lowest BCUT2D eigenvalue weighted by molar-refractivity contribution is -0.128. The lowest BCUT2D eigenvalue weighted by Crippen LogP contribution is -2.50. The van der Waals surface area contributed by atoms with Crippen molar-refractivity contribution in [3.8, 4) is 0 Å². The molecule has 2 bridgehead atoms. The van der Waals surface area contributed by atoms with Gasteiger partial charge in [0.25, 0.3) is 0 Å². The molecule has 3 saturated carbocycles. The van der Waals surface area contributed by atoms with Crippen molar-refractivity contribution in [3.63, 3.8) is 0 Å². The summed E-state index contributed by atoms with van der Waals surface area (Å²) in [7, 11) is 0. The fraction of sp³-hybridized carbons (Fsp3) is 0.938. The van der Waals surface area contributed by atoms with E-state index in [0.29, 0.717) is 24.3 Å². The third kappa shape index (κ3) is 2.60. The number of aliphatic hydroxyl groups is 1. The van der Waals surface area contributed by atoms with Crippen LogP contribution in [0.25, 0.3) is 0 Å². The molecule has 0 aliphatic heterocycles. The summed E-state index contributed by atoms with van der Waals surface area (Å²) in [5.74, 6) is 1.80. The highest BCUT2D eigenvalue weighted by molar-refractivity contribution is 5.80. The minimum Gasteiger partial charge on any atom is -0.388 e. The van der Waals surface area contributed by atoms with E-state index < -0.39 is 5.60 Å². The van der Waals surface area contributed by atoms with Gasteiger partial charge in [0.1, 0.15) is 0 Å². The van der Waals surface area contributed by atoms with Crippen molar-refractivity contribution in [2.24, 2.45) is 29.4 Å². The summed E-state index contributed by atoms with van der Waals surface area (Å²) >= 11 is 0. The molecule has 0 aromatic rings. The number of nitrogens with one attached hydrogen (secondary N) is 1. The van der Waals surface area contributed by atoms with Gasteiger partial charge in [0.15, 0.2) is 0 Å². The highest BCUT2D eigenvalue weighted by Gasteiger charge is 2.49. The zero-order valence-electron chi connectivity index (χ0n) is 12.5. The van der Waals surface area contributed by atoms with Crippen molar-refractivity contribution in [2.75, 3.05) is 6.54 Å². The maximum Gasteiger partial charge on any atom is 0.225 e. The Labute approximate surface area is 121 Å². The Hall–Kier alpha value is -0.610. The molecule has 4 heteroatoms. The molecule has 0 aromatic carbocycles. The first kappa shape index (κ1) is 14.3. The van der Waals surface area contributed by atoms with Gasteiger partial charge in [0.05, 0.1) is 11.5 Å². The number of rotatable bonds is 3. The van der Waals surface area contributed by atoms with Crippen molar-refractivity contribution in [2.45, 2.75) is 63.5 Å². The smallest absolute Gasteiger partial charge is 0.225 e. The molecule has 20 heavy (non-hydrogen) atoms. The third-order valence-corrected chi connectivity index (χ3v) is 6.08. The molecule has 3 rings (SSSR count). The number of carbonyl (C=O) groups excluding carboxylic acids is 1. The van der Waals surface area contributed by atoms with E-state index in [-0.39, 0.29) is 17.9 Å². The topological polar surface area (TPSA) is 75.3 Å². The second kappa shape index (κ2) is 5.30. The number of nitrogens with two attached hydrogens (primary N) is 1. The van der Waals surface area contributed by atoms with Crippen molar-refractivity contribution >= 4 is 5.91 Å². The first-order chi connectivity index (χ1) is 9.48. The molecule has 0 radical (unpaired) electrons. The molecular formula is C16H28N2O2. The van der Waals surface area contributed by atoms with Gasteiger partial charge in [-0.05, 0) is 62.7 Å². The van der Waals surface area contributed by atoms with E-state index >= 15 is 0 Å². The SMILES string of the molecule is CC1CCC(O)(CNC(=O)C2C3CCC(C3)C2N)CC1. The van der Waals surface area contributed by atoms with Gasteiger partial charge in [-0.3, -0.25) is 4.79 Å². The quantitative estimate of drug-likeness (QED) is 0.732. The Bertz CT molecular complexity index is 375. The Balaban J connectivity index is 1.52. The van der Waals surface area contributed by atoms with Gasteiger partial charge in [0, 0.05) is 12.6 Å². The predicted octanol–water partition coefficient (Wildman–Crippen LogP) is 1.42. The van der Waals surface area contributed by atoms with Gasteiger partial charge in [-0.1, -0.05) is 6.92 Å². The third-order valence-electron chi connectivity index (χ3n) is 6.08. The monoisotopic (exact) mass is 280 g/mol. The number of amides is 1. The number of hydrogen-bond donors (Lipinski definition) is 3. The van der Waals surface area contributed by atoms with Gasteiger partial charge < -0.3 is 16.2 Å². The van der Waals surface area contributed by atoms with E-state index in [2.05, 4.69) is 12.2 Å². The maximum atomic E-state index is 12.4. The van der Waals surface area contributed by atoms with Crippen LogP contribution < -0.4 is 11.1 Å². The van der Waals surface area contributed by atoms with Crippen LogP contribution in [0, 0.1) is 23.7 Å². The highest BCUT2D eigenvalue weighted by atomic mass is 16.3. The van der Waals surface area contributed by atoms with Gasteiger partial charge in [-0.15, -0.1) is 0 Å². The van der Waals surface area contributed by atoms with Crippen LogP contribution in [-0.2, 0) is 4.79 Å². The van der Waals surface area contributed by atoms with Gasteiger partial charge in [-0.2, -0.15) is 0 Å². The number of carbonyl (C=O) groups is 1. The summed E-state index contributed by atoms with van der Waals surface area (Å²) in [5.41, 5.74) is 5.51. The van der Waals surface area contributed by atoms with Crippen LogP contribution in [0.15, 0.2) is 0 Å². The maximum absolute atomic E-state index is 12.4. The molecular weight excluding hydrogens is 252 g/mol. The zero-order valence-corrected chi connectivity index (χ0v) is 12.5. The molecule has 4 N–H and O–H groups in total. The molecule has 0 saturated heterocycles. The van der Waals surface area contributed by atoms with E-state index in [4.69, 9.17) is 5.73 Å². The second-order valence-electron chi connectivity index (χ2n) is 7.56. The van der Waals surface area contributed by atoms with Crippen LogP contribution in [0.1, 0.15) is 51.9 Å². The first-order valence-corrected chi connectivity index (χ1v) is 8.24. The molecule has 1 amide bonds. The Morgan fingerprint density at radius 2 is 1.90 bits per heavy atom. The van der Waals surface area contributed by atoms with Gasteiger partial charge >= 0.3 is 0 Å². The average molecular weight is 280 g/mol. The summed E-state index contributed by atoms with van der Waals surface area (Å²) in [6.45, 7) is 2.63. The van der Waals surface area contributed by atoms with Gasteiger partial charge in [-0.25, -0.2) is 0 Å². The summed E-state index contributed by atoms with van der Waals surface area (Å²) in [6.07, 6.45) is 7.19.